The quantitative estimate of drug-likeness (QED) is 0.241. The maximum absolute atomic E-state index is 10.9. The fourth-order valence-corrected chi connectivity index (χ4v) is 4.34. The number of halogens is 3. The molecule has 30 heavy (non-hydrogen) atoms. The number of fused-ring (bicyclic) bond motifs is 3. The molecule has 1 aliphatic rings. The highest BCUT2D eigenvalue weighted by Crippen LogP contribution is 2.49. The molecule has 3 aromatic rings. The number of hydrogen-bond donors (Lipinski definition) is 2. The van der Waals surface area contributed by atoms with Crippen molar-refractivity contribution in [3.05, 3.63) is 105 Å². The summed E-state index contributed by atoms with van der Waals surface area (Å²) in [6.07, 6.45) is 3.15. The molecule has 152 valence electrons. The highest BCUT2D eigenvalue weighted by molar-refractivity contribution is 6.32. The second-order valence-electron chi connectivity index (χ2n) is 7.18. The van der Waals surface area contributed by atoms with E-state index in [-0.39, 0.29) is 0 Å². The second kappa shape index (κ2) is 8.97. The van der Waals surface area contributed by atoms with Crippen LogP contribution in [0.2, 0.25) is 15.1 Å². The van der Waals surface area contributed by atoms with Gasteiger partial charge in [0.25, 0.3) is 0 Å². The van der Waals surface area contributed by atoms with Crippen LogP contribution in [0.15, 0.2) is 67.3 Å². The molecule has 0 aliphatic heterocycles. The Bertz CT molecular complexity index is 1140. The van der Waals surface area contributed by atoms with Crippen LogP contribution in [0.3, 0.4) is 0 Å². The van der Waals surface area contributed by atoms with Gasteiger partial charge in [0.05, 0.1) is 6.10 Å². The summed E-state index contributed by atoms with van der Waals surface area (Å²) in [4.78, 5) is 0. The van der Waals surface area contributed by atoms with Crippen molar-refractivity contribution >= 4 is 46.5 Å². The molecule has 0 saturated heterocycles. The second-order valence-corrected chi connectivity index (χ2v) is 8.49. The highest BCUT2D eigenvalue weighted by atomic mass is 35.5. The van der Waals surface area contributed by atoms with E-state index in [0.717, 1.165) is 39.0 Å². The summed E-state index contributed by atoms with van der Waals surface area (Å²) >= 11 is 18.9. The molecule has 0 bridgehead atoms. The first kappa shape index (κ1) is 21.2. The third-order valence-electron chi connectivity index (χ3n) is 5.13. The van der Waals surface area contributed by atoms with Gasteiger partial charge in [0.2, 0.25) is 0 Å². The van der Waals surface area contributed by atoms with E-state index in [4.69, 9.17) is 34.8 Å². The first-order chi connectivity index (χ1) is 14.5. The molecular formula is C25H20Cl3NO. The van der Waals surface area contributed by atoms with Crippen molar-refractivity contribution in [2.45, 2.75) is 6.10 Å². The van der Waals surface area contributed by atoms with Gasteiger partial charge in [0.15, 0.2) is 0 Å². The van der Waals surface area contributed by atoms with Crippen LogP contribution in [0.1, 0.15) is 28.4 Å². The van der Waals surface area contributed by atoms with Gasteiger partial charge in [-0.3, -0.25) is 0 Å². The molecule has 2 nitrogen and oxygen atoms in total. The molecular weight excluding hydrogens is 437 g/mol. The number of hydrogen-bond acceptors (Lipinski definition) is 2. The summed E-state index contributed by atoms with van der Waals surface area (Å²) in [6, 6.07) is 17.3. The molecule has 0 amide bonds. The Morgan fingerprint density at radius 2 is 1.57 bits per heavy atom. The van der Waals surface area contributed by atoms with Crippen LogP contribution in [0.25, 0.3) is 22.8 Å². The number of aliphatic hydroxyl groups is 1. The summed E-state index contributed by atoms with van der Waals surface area (Å²) < 4.78 is 0. The average Bonchev–Trinajstić information content (AvgIpc) is 3.01. The van der Waals surface area contributed by atoms with E-state index in [2.05, 4.69) is 18.0 Å². The molecule has 0 aromatic heterocycles. The van der Waals surface area contributed by atoms with Gasteiger partial charge in [0.1, 0.15) is 0 Å². The fourth-order valence-electron chi connectivity index (χ4n) is 3.82. The Morgan fingerprint density at radius 3 is 2.30 bits per heavy atom. The predicted molar refractivity (Wildman–Crippen MR) is 128 cm³/mol. The van der Waals surface area contributed by atoms with Crippen molar-refractivity contribution in [1.29, 1.82) is 0 Å². The van der Waals surface area contributed by atoms with Crippen LogP contribution in [-0.4, -0.2) is 18.2 Å². The van der Waals surface area contributed by atoms with Gasteiger partial charge in [-0.15, -0.1) is 6.58 Å². The van der Waals surface area contributed by atoms with Crippen LogP contribution in [-0.2, 0) is 0 Å². The maximum Gasteiger partial charge on any atom is 0.0921 e. The zero-order valence-electron chi connectivity index (χ0n) is 16.1. The summed E-state index contributed by atoms with van der Waals surface area (Å²) in [6.45, 7) is 4.72. The van der Waals surface area contributed by atoms with Crippen molar-refractivity contribution in [2.75, 3.05) is 13.1 Å². The maximum atomic E-state index is 10.9. The molecule has 0 saturated carbocycles. The first-order valence-electron chi connectivity index (χ1n) is 9.59. The Morgan fingerprint density at radius 1 is 0.867 bits per heavy atom. The molecule has 2 N–H and O–H groups in total. The molecule has 3 aromatic carbocycles. The largest absolute Gasteiger partial charge is 0.387 e. The van der Waals surface area contributed by atoms with Crippen molar-refractivity contribution < 1.29 is 5.11 Å². The minimum atomic E-state index is -0.712. The van der Waals surface area contributed by atoms with Crippen LogP contribution >= 0.6 is 34.8 Å². The molecule has 0 heterocycles. The van der Waals surface area contributed by atoms with E-state index < -0.39 is 6.10 Å². The lowest BCUT2D eigenvalue weighted by atomic mass is 9.95. The van der Waals surface area contributed by atoms with E-state index in [0.29, 0.717) is 28.2 Å². The summed E-state index contributed by atoms with van der Waals surface area (Å²) in [5, 5.41) is 16.0. The zero-order chi connectivity index (χ0) is 21.3. The Kier molecular flexibility index (Phi) is 6.33. The third-order valence-corrected chi connectivity index (χ3v) is 5.84. The fraction of sp³-hybridized carbons (Fsp3) is 0.120. The number of benzene rings is 3. The van der Waals surface area contributed by atoms with Crippen molar-refractivity contribution in [3.63, 3.8) is 0 Å². The van der Waals surface area contributed by atoms with Crippen LogP contribution in [0.5, 0.6) is 0 Å². The monoisotopic (exact) mass is 455 g/mol. The summed E-state index contributed by atoms with van der Waals surface area (Å²) in [7, 11) is 0. The van der Waals surface area contributed by atoms with E-state index >= 15 is 0 Å². The molecule has 0 spiro atoms. The Balaban J connectivity index is 1.90. The minimum absolute atomic E-state index is 0.401. The van der Waals surface area contributed by atoms with Gasteiger partial charge >= 0.3 is 0 Å². The highest BCUT2D eigenvalue weighted by Gasteiger charge is 2.29. The van der Waals surface area contributed by atoms with Gasteiger partial charge in [-0.1, -0.05) is 59.1 Å². The Hall–Kier alpha value is -2.07. The molecule has 1 unspecified atom stereocenters. The smallest absolute Gasteiger partial charge is 0.0921 e. The molecule has 4 rings (SSSR count). The Labute approximate surface area is 191 Å². The van der Waals surface area contributed by atoms with Gasteiger partial charge in [-0.2, -0.15) is 0 Å². The predicted octanol–water partition coefficient (Wildman–Crippen LogP) is 7.03. The lowest BCUT2D eigenvalue weighted by Crippen LogP contribution is -2.21. The minimum Gasteiger partial charge on any atom is -0.387 e. The summed E-state index contributed by atoms with van der Waals surface area (Å²) in [5.41, 5.74) is 6.83. The van der Waals surface area contributed by atoms with Crippen LogP contribution in [0, 0.1) is 0 Å². The molecule has 1 aliphatic carbocycles. The third kappa shape index (κ3) is 4.20. The molecule has 0 fully saturated rings. The molecule has 5 heteroatoms. The standard InChI is InChI=1S/C25H20Cl3NO/c1-2-9-29-14-24(30)23-13-18(28)12-22-20(10-15-3-5-16(26)6-4-15)21-11-17(27)7-8-19(21)25(22)23/h2-8,10-13,24,29-30H,1,9,14H2. The lowest BCUT2D eigenvalue weighted by Gasteiger charge is -2.17. The number of aliphatic hydroxyl groups excluding tert-OH is 1. The molecule has 1 atom stereocenters. The van der Waals surface area contributed by atoms with Crippen LogP contribution in [0.4, 0.5) is 0 Å². The van der Waals surface area contributed by atoms with Gasteiger partial charge in [-0.25, -0.2) is 0 Å². The van der Waals surface area contributed by atoms with E-state index in [1.54, 1.807) is 6.08 Å². The van der Waals surface area contributed by atoms with E-state index in [9.17, 15) is 5.11 Å². The normalized spacial score (nSPS) is 14.5. The van der Waals surface area contributed by atoms with Crippen molar-refractivity contribution in [1.82, 2.24) is 5.32 Å². The zero-order valence-corrected chi connectivity index (χ0v) is 18.4. The average molecular weight is 457 g/mol. The SMILES string of the molecule is C=CCNCC(O)c1cc(Cl)cc2c1-c1ccc(Cl)cc1C2=Cc1ccc(Cl)cc1. The van der Waals surface area contributed by atoms with E-state index in [1.807, 2.05) is 54.6 Å². The first-order valence-corrected chi connectivity index (χ1v) is 10.7. The van der Waals surface area contributed by atoms with E-state index in [1.165, 1.54) is 0 Å². The lowest BCUT2D eigenvalue weighted by molar-refractivity contribution is 0.177. The van der Waals surface area contributed by atoms with Crippen LogP contribution < -0.4 is 5.32 Å². The summed E-state index contributed by atoms with van der Waals surface area (Å²) in [5.74, 6) is 0. The van der Waals surface area contributed by atoms with Gasteiger partial charge < -0.3 is 10.4 Å². The number of nitrogens with one attached hydrogen (secondary N) is 1. The molecule has 0 radical (unpaired) electrons. The van der Waals surface area contributed by atoms with Crippen molar-refractivity contribution in [3.8, 4) is 11.1 Å². The van der Waals surface area contributed by atoms with Crippen molar-refractivity contribution in [2.24, 2.45) is 0 Å². The number of rotatable bonds is 6. The van der Waals surface area contributed by atoms with Gasteiger partial charge in [-0.05, 0) is 81.4 Å². The topological polar surface area (TPSA) is 32.3 Å². The van der Waals surface area contributed by atoms with Gasteiger partial charge in [0, 0.05) is 28.2 Å².